The zero-order valence-corrected chi connectivity index (χ0v) is 15.9. The first kappa shape index (κ1) is 19.5. The summed E-state index contributed by atoms with van der Waals surface area (Å²) >= 11 is 0. The van der Waals surface area contributed by atoms with Gasteiger partial charge in [-0.05, 0) is 54.8 Å². The highest BCUT2D eigenvalue weighted by Crippen LogP contribution is 2.35. The van der Waals surface area contributed by atoms with Crippen LogP contribution in [0.1, 0.15) is 35.7 Å². The van der Waals surface area contributed by atoms with E-state index in [1.54, 1.807) is 37.6 Å². The van der Waals surface area contributed by atoms with Gasteiger partial charge in [0.1, 0.15) is 11.6 Å². The molecule has 0 aliphatic heterocycles. The topological polar surface area (TPSA) is 59.4 Å². The molecule has 28 heavy (non-hydrogen) atoms. The predicted octanol–water partition coefficient (Wildman–Crippen LogP) is 5.60. The zero-order chi connectivity index (χ0) is 20.1. The first-order valence-electron chi connectivity index (χ1n) is 9.20. The van der Waals surface area contributed by atoms with Gasteiger partial charge in [0.2, 0.25) is 0 Å². The average Bonchev–Trinajstić information content (AvgIpc) is 2.73. The van der Waals surface area contributed by atoms with Crippen molar-refractivity contribution in [1.29, 1.82) is 0 Å². The van der Waals surface area contributed by atoms with E-state index in [-0.39, 0.29) is 11.4 Å². The van der Waals surface area contributed by atoms with Crippen molar-refractivity contribution < 1.29 is 19.0 Å². The molecule has 0 aliphatic carbocycles. The largest absolute Gasteiger partial charge is 0.497 e. The number of methoxy groups -OCH3 is 1. The Morgan fingerprint density at radius 3 is 2.29 bits per heavy atom. The van der Waals surface area contributed by atoms with E-state index in [9.17, 15) is 4.79 Å². The summed E-state index contributed by atoms with van der Waals surface area (Å²) in [5.41, 5.74) is 2.99. The van der Waals surface area contributed by atoms with Gasteiger partial charge in [0.25, 0.3) is 0 Å². The second kappa shape index (κ2) is 8.65. The fourth-order valence-electron chi connectivity index (χ4n) is 3.08. The number of benzene rings is 2. The number of carboxylic acid groups (broad SMARTS) is 1. The number of carbonyl (C=O) groups is 1. The van der Waals surface area contributed by atoms with Crippen LogP contribution in [0.3, 0.4) is 0 Å². The second-order valence-corrected chi connectivity index (χ2v) is 6.54. The lowest BCUT2D eigenvalue weighted by Crippen LogP contribution is -2.01. The normalized spacial score (nSPS) is 10.7. The van der Waals surface area contributed by atoms with Gasteiger partial charge in [-0.25, -0.2) is 9.18 Å². The lowest BCUT2D eigenvalue weighted by molar-refractivity contribution is 0.0697. The van der Waals surface area contributed by atoms with E-state index in [1.807, 2.05) is 12.1 Å². The molecule has 0 spiro atoms. The van der Waals surface area contributed by atoms with Crippen molar-refractivity contribution in [3.8, 4) is 28.1 Å². The standard InChI is InChI=1S/C23H22FNO3/c1-3-4-5-18-14-25-22(16-10-12-19(28-2)13-11-16)20(21(18)24)15-6-8-17(9-7-15)23(26)27/h6-14H,3-5H2,1-2H3,(H,26,27). The predicted molar refractivity (Wildman–Crippen MR) is 107 cm³/mol. The number of rotatable bonds is 7. The maximum atomic E-state index is 15.5. The molecule has 0 aliphatic rings. The molecule has 1 aromatic heterocycles. The molecule has 0 unspecified atom stereocenters. The van der Waals surface area contributed by atoms with Crippen LogP contribution in [-0.4, -0.2) is 23.2 Å². The molecule has 4 nitrogen and oxygen atoms in total. The minimum atomic E-state index is -1.02. The second-order valence-electron chi connectivity index (χ2n) is 6.54. The van der Waals surface area contributed by atoms with Crippen LogP contribution in [0.5, 0.6) is 5.75 Å². The van der Waals surface area contributed by atoms with Crippen molar-refractivity contribution in [3.63, 3.8) is 0 Å². The first-order chi connectivity index (χ1) is 13.5. The van der Waals surface area contributed by atoms with E-state index >= 15 is 4.39 Å². The number of nitrogens with zero attached hydrogens (tertiary/aromatic N) is 1. The third-order valence-electron chi connectivity index (χ3n) is 4.67. The maximum Gasteiger partial charge on any atom is 0.335 e. The molecule has 0 radical (unpaired) electrons. The Bertz CT molecular complexity index is 966. The van der Waals surface area contributed by atoms with E-state index in [2.05, 4.69) is 11.9 Å². The zero-order valence-electron chi connectivity index (χ0n) is 15.9. The Labute approximate surface area is 163 Å². The number of unbranched alkanes of at least 4 members (excludes halogenated alkanes) is 1. The van der Waals surface area contributed by atoms with Crippen LogP contribution in [0.4, 0.5) is 4.39 Å². The Balaban J connectivity index is 2.15. The molecule has 2 aromatic carbocycles. The third kappa shape index (κ3) is 4.03. The molecular weight excluding hydrogens is 357 g/mol. The van der Waals surface area contributed by atoms with E-state index in [0.717, 1.165) is 18.4 Å². The number of ether oxygens (including phenoxy) is 1. The van der Waals surface area contributed by atoms with Gasteiger partial charge >= 0.3 is 5.97 Å². The Kier molecular flexibility index (Phi) is 6.04. The summed E-state index contributed by atoms with van der Waals surface area (Å²) in [5, 5.41) is 9.13. The number of aryl methyl sites for hydroxylation is 1. The average molecular weight is 379 g/mol. The minimum Gasteiger partial charge on any atom is -0.497 e. The summed E-state index contributed by atoms with van der Waals surface area (Å²) in [6.45, 7) is 2.06. The molecule has 0 atom stereocenters. The Morgan fingerprint density at radius 1 is 1.07 bits per heavy atom. The van der Waals surface area contributed by atoms with Crippen LogP contribution in [0.15, 0.2) is 54.7 Å². The molecule has 5 heteroatoms. The highest BCUT2D eigenvalue weighted by molar-refractivity contribution is 5.89. The van der Waals surface area contributed by atoms with Crippen LogP contribution in [-0.2, 0) is 6.42 Å². The van der Waals surface area contributed by atoms with Crippen molar-refractivity contribution >= 4 is 5.97 Å². The van der Waals surface area contributed by atoms with Crippen molar-refractivity contribution in [2.75, 3.05) is 7.11 Å². The molecule has 0 fully saturated rings. The highest BCUT2D eigenvalue weighted by Gasteiger charge is 2.18. The smallest absolute Gasteiger partial charge is 0.335 e. The monoisotopic (exact) mass is 379 g/mol. The summed E-state index contributed by atoms with van der Waals surface area (Å²) in [6.07, 6.45) is 4.04. The van der Waals surface area contributed by atoms with Crippen molar-refractivity contribution in [1.82, 2.24) is 4.98 Å². The summed E-state index contributed by atoms with van der Waals surface area (Å²) < 4.78 is 20.6. The van der Waals surface area contributed by atoms with E-state index in [0.29, 0.717) is 34.6 Å². The fraction of sp³-hybridized carbons (Fsp3) is 0.217. The van der Waals surface area contributed by atoms with Crippen molar-refractivity contribution in [2.24, 2.45) is 0 Å². The lowest BCUT2D eigenvalue weighted by atomic mass is 9.95. The van der Waals surface area contributed by atoms with Gasteiger partial charge in [-0.1, -0.05) is 25.5 Å². The quantitative estimate of drug-likeness (QED) is 0.580. The Hall–Kier alpha value is -3.21. The summed E-state index contributed by atoms with van der Waals surface area (Å²) in [6, 6.07) is 13.5. The molecule has 1 heterocycles. The van der Waals surface area contributed by atoms with E-state index in [4.69, 9.17) is 9.84 Å². The van der Waals surface area contributed by atoms with Crippen molar-refractivity contribution in [3.05, 3.63) is 71.7 Å². The highest BCUT2D eigenvalue weighted by atomic mass is 19.1. The third-order valence-corrected chi connectivity index (χ3v) is 4.67. The number of carboxylic acids is 1. The van der Waals surface area contributed by atoms with E-state index in [1.165, 1.54) is 12.1 Å². The number of aromatic carboxylic acids is 1. The fourth-order valence-corrected chi connectivity index (χ4v) is 3.08. The molecule has 3 aromatic rings. The van der Waals surface area contributed by atoms with Crippen LogP contribution in [0.25, 0.3) is 22.4 Å². The number of pyridine rings is 1. The molecule has 0 saturated carbocycles. The molecule has 1 N–H and O–H groups in total. The Morgan fingerprint density at radius 2 is 1.71 bits per heavy atom. The summed E-state index contributed by atoms with van der Waals surface area (Å²) in [5.74, 6) is -0.620. The van der Waals surface area contributed by atoms with Gasteiger partial charge in [-0.15, -0.1) is 0 Å². The molecule has 0 bridgehead atoms. The molecule has 3 rings (SSSR count). The van der Waals surface area contributed by atoms with Gasteiger partial charge in [0.15, 0.2) is 0 Å². The van der Waals surface area contributed by atoms with Gasteiger partial charge in [-0.3, -0.25) is 4.98 Å². The van der Waals surface area contributed by atoms with Crippen LogP contribution in [0.2, 0.25) is 0 Å². The van der Waals surface area contributed by atoms with Gasteiger partial charge in [0.05, 0.1) is 18.4 Å². The van der Waals surface area contributed by atoms with Crippen LogP contribution < -0.4 is 4.74 Å². The van der Waals surface area contributed by atoms with Crippen LogP contribution in [0, 0.1) is 5.82 Å². The molecular formula is C23H22FNO3. The molecule has 0 saturated heterocycles. The first-order valence-corrected chi connectivity index (χ1v) is 9.20. The lowest BCUT2D eigenvalue weighted by Gasteiger charge is -2.14. The van der Waals surface area contributed by atoms with Gasteiger partial charge < -0.3 is 9.84 Å². The summed E-state index contributed by atoms with van der Waals surface area (Å²) in [7, 11) is 1.59. The van der Waals surface area contributed by atoms with Gasteiger partial charge in [-0.2, -0.15) is 0 Å². The maximum absolute atomic E-state index is 15.5. The molecule has 0 amide bonds. The van der Waals surface area contributed by atoms with Crippen LogP contribution >= 0.6 is 0 Å². The number of aromatic nitrogens is 1. The SMILES string of the molecule is CCCCc1cnc(-c2ccc(OC)cc2)c(-c2ccc(C(=O)O)cc2)c1F. The minimum absolute atomic E-state index is 0.158. The number of hydrogen-bond acceptors (Lipinski definition) is 3. The van der Waals surface area contributed by atoms with Gasteiger partial charge in [0, 0.05) is 22.9 Å². The molecule has 144 valence electrons. The van der Waals surface area contributed by atoms with Crippen molar-refractivity contribution in [2.45, 2.75) is 26.2 Å². The number of halogens is 1. The summed E-state index contributed by atoms with van der Waals surface area (Å²) in [4.78, 5) is 15.7. The number of hydrogen-bond donors (Lipinski definition) is 1. The van der Waals surface area contributed by atoms with E-state index < -0.39 is 5.97 Å².